The van der Waals surface area contributed by atoms with Gasteiger partial charge in [0.15, 0.2) is 5.96 Å². The fraction of sp³-hybridized carbons (Fsp3) is 0.688. The highest BCUT2D eigenvalue weighted by Gasteiger charge is 2.20. The van der Waals surface area contributed by atoms with Crippen molar-refractivity contribution in [2.75, 3.05) is 19.6 Å². The molecular weight excluding hydrogens is 437 g/mol. The van der Waals surface area contributed by atoms with Crippen LogP contribution in [0.15, 0.2) is 4.99 Å². The molecule has 1 amide bonds. The molecule has 138 valence electrons. The third-order valence-electron chi connectivity index (χ3n) is 3.17. The first kappa shape index (κ1) is 23.1. The third kappa shape index (κ3) is 8.27. The van der Waals surface area contributed by atoms with Crippen molar-refractivity contribution in [3.63, 3.8) is 0 Å². The Balaban J connectivity index is 0.00000529. The van der Waals surface area contributed by atoms with Gasteiger partial charge in [0.05, 0.1) is 12.2 Å². The van der Waals surface area contributed by atoms with E-state index in [2.05, 4.69) is 32.9 Å². The van der Waals surface area contributed by atoms with Gasteiger partial charge in [-0.1, -0.05) is 20.8 Å². The first-order valence-corrected chi connectivity index (χ1v) is 8.79. The minimum absolute atomic E-state index is 0. The molecule has 0 saturated heterocycles. The van der Waals surface area contributed by atoms with Crippen LogP contribution in [-0.2, 0) is 11.3 Å². The number of hydrogen-bond acceptors (Lipinski definition) is 4. The van der Waals surface area contributed by atoms with E-state index in [9.17, 15) is 4.79 Å². The van der Waals surface area contributed by atoms with Crippen LogP contribution in [0.4, 0.5) is 0 Å². The molecule has 1 rings (SSSR count). The van der Waals surface area contributed by atoms with Crippen molar-refractivity contribution < 1.29 is 4.79 Å². The lowest BCUT2D eigenvalue weighted by Crippen LogP contribution is -2.43. The largest absolute Gasteiger partial charge is 0.357 e. The second-order valence-corrected chi connectivity index (χ2v) is 7.66. The van der Waals surface area contributed by atoms with Gasteiger partial charge in [0.1, 0.15) is 5.01 Å². The molecule has 0 aliphatic heterocycles. The quantitative estimate of drug-likeness (QED) is 0.260. The molecule has 1 aromatic heterocycles. The van der Waals surface area contributed by atoms with Gasteiger partial charge >= 0.3 is 0 Å². The molecule has 0 fully saturated rings. The average molecular weight is 467 g/mol. The Morgan fingerprint density at radius 1 is 1.17 bits per heavy atom. The first-order valence-electron chi connectivity index (χ1n) is 7.97. The lowest BCUT2D eigenvalue weighted by atomic mass is 9.96. The van der Waals surface area contributed by atoms with Crippen molar-refractivity contribution in [1.82, 2.24) is 20.9 Å². The van der Waals surface area contributed by atoms with Crippen LogP contribution in [0.5, 0.6) is 0 Å². The molecule has 0 aliphatic rings. The molecule has 3 N–H and O–H groups in total. The number of halogens is 1. The number of aromatic nitrogens is 1. The molecule has 0 unspecified atom stereocenters. The summed E-state index contributed by atoms with van der Waals surface area (Å²) < 4.78 is 0. The Morgan fingerprint density at radius 3 is 2.29 bits per heavy atom. The van der Waals surface area contributed by atoms with Crippen LogP contribution in [0.1, 0.15) is 43.3 Å². The molecule has 1 heterocycles. The second-order valence-electron chi connectivity index (χ2n) is 6.38. The van der Waals surface area contributed by atoms with Gasteiger partial charge in [0.2, 0.25) is 5.91 Å². The maximum Gasteiger partial charge on any atom is 0.225 e. The molecule has 8 heteroatoms. The van der Waals surface area contributed by atoms with Gasteiger partial charge in [-0.05, 0) is 20.8 Å². The topological polar surface area (TPSA) is 78.4 Å². The summed E-state index contributed by atoms with van der Waals surface area (Å²) in [6.07, 6.45) is 0. The Bertz CT molecular complexity index is 532. The minimum atomic E-state index is -0.362. The zero-order valence-corrected chi connectivity index (χ0v) is 18.6. The second kappa shape index (κ2) is 10.9. The van der Waals surface area contributed by atoms with E-state index in [1.54, 1.807) is 11.3 Å². The minimum Gasteiger partial charge on any atom is -0.357 e. The van der Waals surface area contributed by atoms with Crippen molar-refractivity contribution in [3.05, 3.63) is 15.6 Å². The highest BCUT2D eigenvalue weighted by molar-refractivity contribution is 14.0. The summed E-state index contributed by atoms with van der Waals surface area (Å²) in [4.78, 5) is 22.0. The van der Waals surface area contributed by atoms with Crippen molar-refractivity contribution in [2.24, 2.45) is 10.4 Å². The fourth-order valence-corrected chi connectivity index (χ4v) is 2.58. The van der Waals surface area contributed by atoms with Gasteiger partial charge < -0.3 is 16.0 Å². The summed E-state index contributed by atoms with van der Waals surface area (Å²) in [5.41, 5.74) is 0.710. The van der Waals surface area contributed by atoms with Gasteiger partial charge in [-0.25, -0.2) is 9.98 Å². The van der Waals surface area contributed by atoms with Gasteiger partial charge in [-0.2, -0.15) is 0 Å². The summed E-state index contributed by atoms with van der Waals surface area (Å²) in [7, 11) is 0. The van der Waals surface area contributed by atoms with Crippen LogP contribution in [0.2, 0.25) is 0 Å². The molecular formula is C16H30IN5OS. The molecule has 1 aromatic rings. The smallest absolute Gasteiger partial charge is 0.225 e. The third-order valence-corrected chi connectivity index (χ3v) is 4.23. The lowest BCUT2D eigenvalue weighted by molar-refractivity contribution is -0.128. The molecule has 6 nitrogen and oxygen atoms in total. The van der Waals surface area contributed by atoms with E-state index in [-0.39, 0.29) is 35.3 Å². The number of guanidine groups is 1. The number of thiazole rings is 1. The standard InChI is InChI=1S/C16H29N5OS.HI/c1-7-17-15(19-9-8-18-14(22)16(4,5)6)20-10-13-21-11(2)12(3)23-13;/h7-10H2,1-6H3,(H,18,22)(H2,17,19,20);1H. The van der Waals surface area contributed by atoms with Gasteiger partial charge in [0.25, 0.3) is 0 Å². The van der Waals surface area contributed by atoms with Gasteiger partial charge in [-0.3, -0.25) is 4.79 Å². The summed E-state index contributed by atoms with van der Waals surface area (Å²) in [6, 6.07) is 0. The number of aliphatic imine (C=N–C) groups is 1. The van der Waals surface area contributed by atoms with E-state index in [0.29, 0.717) is 19.6 Å². The number of hydrogen-bond donors (Lipinski definition) is 3. The maximum absolute atomic E-state index is 11.8. The SMILES string of the molecule is CCNC(=NCc1nc(C)c(C)s1)NCCNC(=O)C(C)(C)C.I. The van der Waals surface area contributed by atoms with E-state index in [0.717, 1.165) is 23.2 Å². The van der Waals surface area contributed by atoms with Crippen molar-refractivity contribution in [2.45, 2.75) is 48.1 Å². The molecule has 0 spiro atoms. The summed E-state index contributed by atoms with van der Waals surface area (Å²) in [6.45, 7) is 14.4. The van der Waals surface area contributed by atoms with Crippen LogP contribution in [0.25, 0.3) is 0 Å². The molecule has 0 saturated carbocycles. The Hall–Kier alpha value is -0.900. The predicted molar refractivity (Wildman–Crippen MR) is 112 cm³/mol. The van der Waals surface area contributed by atoms with Crippen molar-refractivity contribution >= 4 is 47.2 Å². The molecule has 0 bridgehead atoms. The van der Waals surface area contributed by atoms with E-state index in [1.807, 2.05) is 34.6 Å². The highest BCUT2D eigenvalue weighted by atomic mass is 127. The van der Waals surface area contributed by atoms with Gasteiger partial charge in [0, 0.05) is 29.9 Å². The molecule has 0 aliphatic carbocycles. The molecule has 24 heavy (non-hydrogen) atoms. The van der Waals surface area contributed by atoms with Crippen LogP contribution in [0.3, 0.4) is 0 Å². The monoisotopic (exact) mass is 467 g/mol. The molecule has 0 atom stereocenters. The molecule has 0 aromatic carbocycles. The number of carbonyl (C=O) groups is 1. The van der Waals surface area contributed by atoms with E-state index in [1.165, 1.54) is 4.88 Å². The fourth-order valence-electron chi connectivity index (χ4n) is 1.72. The number of amides is 1. The summed E-state index contributed by atoms with van der Waals surface area (Å²) >= 11 is 1.68. The Kier molecular flexibility index (Phi) is 10.5. The van der Waals surface area contributed by atoms with E-state index >= 15 is 0 Å². The Labute approximate surface area is 166 Å². The van der Waals surface area contributed by atoms with Crippen molar-refractivity contribution in [3.8, 4) is 0 Å². The average Bonchev–Trinajstić information content (AvgIpc) is 2.78. The number of carbonyl (C=O) groups excluding carboxylic acids is 1. The number of rotatable bonds is 6. The summed E-state index contributed by atoms with van der Waals surface area (Å²) in [5.74, 6) is 0.790. The van der Waals surface area contributed by atoms with Crippen LogP contribution in [-0.4, -0.2) is 36.5 Å². The lowest BCUT2D eigenvalue weighted by Gasteiger charge is -2.18. The zero-order chi connectivity index (χ0) is 17.5. The molecule has 0 radical (unpaired) electrons. The number of nitrogens with zero attached hydrogens (tertiary/aromatic N) is 2. The van der Waals surface area contributed by atoms with Gasteiger partial charge in [-0.15, -0.1) is 35.3 Å². The first-order chi connectivity index (χ1) is 10.7. The van der Waals surface area contributed by atoms with Crippen LogP contribution in [0, 0.1) is 19.3 Å². The highest BCUT2D eigenvalue weighted by Crippen LogP contribution is 2.16. The zero-order valence-electron chi connectivity index (χ0n) is 15.4. The van der Waals surface area contributed by atoms with Crippen LogP contribution >= 0.6 is 35.3 Å². The van der Waals surface area contributed by atoms with Crippen LogP contribution < -0.4 is 16.0 Å². The predicted octanol–water partition coefficient (Wildman–Crippen LogP) is 2.60. The van der Waals surface area contributed by atoms with Crippen molar-refractivity contribution in [1.29, 1.82) is 0 Å². The van der Waals surface area contributed by atoms with E-state index in [4.69, 9.17) is 0 Å². The normalized spacial score (nSPS) is 11.7. The number of nitrogens with one attached hydrogen (secondary N) is 3. The maximum atomic E-state index is 11.8. The summed E-state index contributed by atoms with van der Waals surface area (Å²) in [5, 5.41) is 10.3. The number of aryl methyl sites for hydroxylation is 2. The Morgan fingerprint density at radius 2 is 1.79 bits per heavy atom. The van der Waals surface area contributed by atoms with E-state index < -0.39 is 0 Å².